The zero-order chi connectivity index (χ0) is 22.3. The lowest BCUT2D eigenvalue weighted by molar-refractivity contribution is 0.453. The Labute approximate surface area is 190 Å². The van der Waals surface area contributed by atoms with Gasteiger partial charge >= 0.3 is 0 Å². The van der Waals surface area contributed by atoms with Gasteiger partial charge in [0.25, 0.3) is 0 Å². The molecule has 0 atom stereocenters. The molecular weight excluding hydrogens is 380 g/mol. The van der Waals surface area contributed by atoms with Crippen molar-refractivity contribution in [2.45, 2.75) is 110 Å². The maximum Gasteiger partial charge on any atom is 0.122 e. The molecule has 2 N–H and O–H groups in total. The molecule has 0 bridgehead atoms. The number of phenols is 2. The summed E-state index contributed by atoms with van der Waals surface area (Å²) in [5.41, 5.74) is 3.90. The average Bonchev–Trinajstić information content (AvgIpc) is 2.77. The van der Waals surface area contributed by atoms with Crippen LogP contribution in [0.5, 0.6) is 11.5 Å². The highest BCUT2D eigenvalue weighted by Crippen LogP contribution is 2.31. The summed E-state index contributed by atoms with van der Waals surface area (Å²) in [6.07, 6.45) is 17.5. The van der Waals surface area contributed by atoms with Crippen molar-refractivity contribution >= 4 is 0 Å². The number of hydrogen-bond acceptors (Lipinski definition) is 2. The summed E-state index contributed by atoms with van der Waals surface area (Å²) in [6.45, 7) is 4.48. The van der Waals surface area contributed by atoms with Gasteiger partial charge in [-0.05, 0) is 47.9 Å². The van der Waals surface area contributed by atoms with Gasteiger partial charge < -0.3 is 10.2 Å². The number of unbranched alkanes of at least 4 members (excludes halogenated alkanes) is 10. The van der Waals surface area contributed by atoms with Crippen molar-refractivity contribution in [2.24, 2.45) is 0 Å². The Morgan fingerprint density at radius 1 is 0.484 bits per heavy atom. The summed E-state index contributed by atoms with van der Waals surface area (Å²) in [6, 6.07) is 12.1. The first kappa shape index (κ1) is 25.3. The van der Waals surface area contributed by atoms with Crippen molar-refractivity contribution < 1.29 is 10.2 Å². The predicted octanol–water partition coefficient (Wildman–Crippen LogP) is 8.49. The van der Waals surface area contributed by atoms with Gasteiger partial charge in [0.15, 0.2) is 0 Å². The second-order valence-electron chi connectivity index (χ2n) is 9.06. The molecule has 31 heavy (non-hydrogen) atoms. The van der Waals surface area contributed by atoms with Gasteiger partial charge in [-0.3, -0.25) is 0 Å². The first-order valence-electron chi connectivity index (χ1n) is 12.8. The third-order valence-corrected chi connectivity index (χ3v) is 6.39. The Morgan fingerprint density at radius 2 is 0.839 bits per heavy atom. The number of phenolic OH excluding ortho intramolecular Hbond substituents is 2. The molecule has 0 fully saturated rings. The van der Waals surface area contributed by atoms with E-state index in [9.17, 15) is 10.2 Å². The van der Waals surface area contributed by atoms with Crippen LogP contribution in [0.25, 0.3) is 0 Å². The first-order valence-corrected chi connectivity index (χ1v) is 12.8. The van der Waals surface area contributed by atoms with Crippen molar-refractivity contribution in [3.63, 3.8) is 0 Å². The molecule has 0 radical (unpaired) electrons. The molecule has 0 unspecified atom stereocenters. The molecule has 0 saturated carbocycles. The summed E-state index contributed by atoms with van der Waals surface area (Å²) in [7, 11) is 0. The van der Waals surface area contributed by atoms with Gasteiger partial charge in [-0.25, -0.2) is 0 Å². The molecule has 0 aromatic heterocycles. The van der Waals surface area contributed by atoms with Crippen LogP contribution in [0.2, 0.25) is 0 Å². The molecular formula is C29H44O2. The fraction of sp³-hybridized carbons (Fsp3) is 0.586. The Hall–Kier alpha value is -1.96. The average molecular weight is 425 g/mol. The molecule has 0 amide bonds. The molecule has 0 aliphatic carbocycles. The van der Waals surface area contributed by atoms with Crippen molar-refractivity contribution in [3.8, 4) is 11.5 Å². The smallest absolute Gasteiger partial charge is 0.122 e. The van der Waals surface area contributed by atoms with E-state index >= 15 is 0 Å². The van der Waals surface area contributed by atoms with E-state index in [0.717, 1.165) is 47.9 Å². The second-order valence-corrected chi connectivity index (χ2v) is 9.06. The molecule has 2 rings (SSSR count). The van der Waals surface area contributed by atoms with Crippen LogP contribution in [0.3, 0.4) is 0 Å². The van der Waals surface area contributed by atoms with E-state index in [1.54, 1.807) is 0 Å². The van der Waals surface area contributed by atoms with Crippen LogP contribution >= 0.6 is 0 Å². The first-order chi connectivity index (χ1) is 15.2. The van der Waals surface area contributed by atoms with Gasteiger partial charge in [0.05, 0.1) is 0 Å². The maximum absolute atomic E-state index is 10.8. The van der Waals surface area contributed by atoms with Crippen LogP contribution in [-0.2, 0) is 19.3 Å². The standard InChI is InChI=1S/C29H44O2/c1-3-5-7-9-11-13-17-24-19-15-21-26(28(24)30)23-27-22-16-20-25(29(27)31)18-14-12-10-8-6-4-2/h15-16,19-22,30-31H,3-14,17-18,23H2,1-2H3. The zero-order valence-electron chi connectivity index (χ0n) is 20.0. The highest BCUT2D eigenvalue weighted by molar-refractivity contribution is 5.47. The molecule has 0 saturated heterocycles. The van der Waals surface area contributed by atoms with E-state index in [4.69, 9.17) is 0 Å². The van der Waals surface area contributed by atoms with Gasteiger partial charge in [-0.1, -0.05) is 114 Å². The number of rotatable bonds is 16. The van der Waals surface area contributed by atoms with Gasteiger partial charge in [-0.15, -0.1) is 0 Å². The Kier molecular flexibility index (Phi) is 12.2. The van der Waals surface area contributed by atoms with Crippen molar-refractivity contribution in [1.29, 1.82) is 0 Å². The lowest BCUT2D eigenvalue weighted by Crippen LogP contribution is -1.96. The normalized spacial score (nSPS) is 11.2. The SMILES string of the molecule is CCCCCCCCc1cccc(Cc2cccc(CCCCCCCC)c2O)c1O. The number of para-hydroxylation sites is 2. The van der Waals surface area contributed by atoms with Gasteiger partial charge in [-0.2, -0.15) is 0 Å². The van der Waals surface area contributed by atoms with Crippen LogP contribution in [0.15, 0.2) is 36.4 Å². The highest BCUT2D eigenvalue weighted by atomic mass is 16.3. The van der Waals surface area contributed by atoms with E-state index < -0.39 is 0 Å². The van der Waals surface area contributed by atoms with E-state index in [-0.39, 0.29) is 0 Å². The summed E-state index contributed by atoms with van der Waals surface area (Å²) < 4.78 is 0. The molecule has 2 heteroatoms. The number of aryl methyl sites for hydroxylation is 2. The number of aromatic hydroxyl groups is 2. The monoisotopic (exact) mass is 424 g/mol. The Bertz CT molecular complexity index is 687. The summed E-state index contributed by atoms with van der Waals surface area (Å²) in [5, 5.41) is 21.6. The lowest BCUT2D eigenvalue weighted by Gasteiger charge is -2.13. The lowest BCUT2D eigenvalue weighted by atomic mass is 9.95. The third-order valence-electron chi connectivity index (χ3n) is 6.39. The van der Waals surface area contributed by atoms with Crippen LogP contribution in [0.4, 0.5) is 0 Å². The second kappa shape index (κ2) is 14.9. The summed E-state index contributed by atoms with van der Waals surface area (Å²) in [4.78, 5) is 0. The van der Waals surface area contributed by atoms with Gasteiger partial charge in [0, 0.05) is 6.42 Å². The summed E-state index contributed by atoms with van der Waals surface area (Å²) >= 11 is 0. The van der Waals surface area contributed by atoms with E-state index in [2.05, 4.69) is 13.8 Å². The van der Waals surface area contributed by atoms with Crippen LogP contribution < -0.4 is 0 Å². The maximum atomic E-state index is 10.8. The fourth-order valence-electron chi connectivity index (χ4n) is 4.37. The van der Waals surface area contributed by atoms with Gasteiger partial charge in [0.2, 0.25) is 0 Å². The molecule has 172 valence electrons. The fourth-order valence-corrected chi connectivity index (χ4v) is 4.37. The molecule has 2 nitrogen and oxygen atoms in total. The minimum absolute atomic E-state index is 0.414. The molecule has 0 aliphatic heterocycles. The van der Waals surface area contributed by atoms with Crippen LogP contribution in [0, 0.1) is 0 Å². The van der Waals surface area contributed by atoms with Crippen LogP contribution in [0.1, 0.15) is 113 Å². The Morgan fingerprint density at radius 3 is 1.26 bits per heavy atom. The largest absolute Gasteiger partial charge is 0.507 e. The minimum Gasteiger partial charge on any atom is -0.507 e. The Balaban J connectivity index is 1.91. The molecule has 0 spiro atoms. The van der Waals surface area contributed by atoms with Crippen molar-refractivity contribution in [2.75, 3.05) is 0 Å². The number of hydrogen-bond donors (Lipinski definition) is 2. The predicted molar refractivity (Wildman–Crippen MR) is 133 cm³/mol. The van der Waals surface area contributed by atoms with Crippen LogP contribution in [-0.4, -0.2) is 10.2 Å². The van der Waals surface area contributed by atoms with Crippen molar-refractivity contribution in [1.82, 2.24) is 0 Å². The quantitative estimate of drug-likeness (QED) is 0.265. The summed E-state index contributed by atoms with van der Waals surface area (Å²) in [5.74, 6) is 0.827. The van der Waals surface area contributed by atoms with E-state index in [1.165, 1.54) is 64.2 Å². The topological polar surface area (TPSA) is 40.5 Å². The molecule has 2 aromatic rings. The minimum atomic E-state index is 0.414. The van der Waals surface area contributed by atoms with E-state index in [1.807, 2.05) is 36.4 Å². The zero-order valence-corrected chi connectivity index (χ0v) is 20.0. The van der Waals surface area contributed by atoms with Gasteiger partial charge in [0.1, 0.15) is 11.5 Å². The van der Waals surface area contributed by atoms with E-state index in [0.29, 0.717) is 17.9 Å². The number of benzene rings is 2. The third kappa shape index (κ3) is 8.97. The molecule has 0 aliphatic rings. The molecule has 2 aromatic carbocycles. The van der Waals surface area contributed by atoms with Crippen molar-refractivity contribution in [3.05, 3.63) is 58.7 Å². The molecule has 0 heterocycles. The highest BCUT2D eigenvalue weighted by Gasteiger charge is 2.12.